The summed E-state index contributed by atoms with van der Waals surface area (Å²) in [5.74, 6) is 0. The highest BCUT2D eigenvalue weighted by atomic mass is 15.3. The molecule has 0 bridgehead atoms. The first-order valence-electron chi connectivity index (χ1n) is 7.92. The standard InChI is InChI=1S/C17H29N3/c1-5-19-10-11-20(13-15(19)4)17-9-7-6-8-16(17)12-18-14(2)3/h6-9,14-15,18H,5,10-13H2,1-4H3. The summed E-state index contributed by atoms with van der Waals surface area (Å²) < 4.78 is 0. The largest absolute Gasteiger partial charge is 0.368 e. The number of hydrogen-bond donors (Lipinski definition) is 1. The van der Waals surface area contributed by atoms with Crippen molar-refractivity contribution in [2.75, 3.05) is 31.1 Å². The maximum absolute atomic E-state index is 3.54. The van der Waals surface area contributed by atoms with Crippen LogP contribution in [0.15, 0.2) is 24.3 Å². The van der Waals surface area contributed by atoms with Gasteiger partial charge in [0.05, 0.1) is 0 Å². The summed E-state index contributed by atoms with van der Waals surface area (Å²) in [5.41, 5.74) is 2.82. The second kappa shape index (κ2) is 7.09. The minimum atomic E-state index is 0.527. The number of benzene rings is 1. The number of anilines is 1. The van der Waals surface area contributed by atoms with Crippen LogP contribution in [0, 0.1) is 0 Å². The van der Waals surface area contributed by atoms with Crippen molar-refractivity contribution in [1.29, 1.82) is 0 Å². The van der Waals surface area contributed by atoms with E-state index in [1.807, 2.05) is 0 Å². The highest BCUT2D eigenvalue weighted by Crippen LogP contribution is 2.23. The van der Waals surface area contributed by atoms with Crippen molar-refractivity contribution in [3.8, 4) is 0 Å². The highest BCUT2D eigenvalue weighted by molar-refractivity contribution is 5.54. The van der Waals surface area contributed by atoms with E-state index in [0.29, 0.717) is 12.1 Å². The molecule has 1 saturated heterocycles. The van der Waals surface area contributed by atoms with Gasteiger partial charge in [-0.25, -0.2) is 0 Å². The molecular formula is C17H29N3. The molecule has 0 aliphatic carbocycles. The van der Waals surface area contributed by atoms with Crippen LogP contribution in [0.2, 0.25) is 0 Å². The number of nitrogens with zero attached hydrogens (tertiary/aromatic N) is 2. The fraction of sp³-hybridized carbons (Fsp3) is 0.647. The maximum Gasteiger partial charge on any atom is 0.0412 e. The van der Waals surface area contributed by atoms with Gasteiger partial charge >= 0.3 is 0 Å². The second-order valence-corrected chi connectivity index (χ2v) is 6.09. The smallest absolute Gasteiger partial charge is 0.0412 e. The molecular weight excluding hydrogens is 246 g/mol. The monoisotopic (exact) mass is 275 g/mol. The minimum absolute atomic E-state index is 0.527. The number of piperazine rings is 1. The van der Waals surface area contributed by atoms with Crippen molar-refractivity contribution in [3.63, 3.8) is 0 Å². The normalized spacial score (nSPS) is 20.6. The molecule has 3 nitrogen and oxygen atoms in total. The topological polar surface area (TPSA) is 18.5 Å². The second-order valence-electron chi connectivity index (χ2n) is 6.09. The van der Waals surface area contributed by atoms with E-state index in [-0.39, 0.29) is 0 Å². The lowest BCUT2D eigenvalue weighted by molar-refractivity contribution is 0.199. The summed E-state index contributed by atoms with van der Waals surface area (Å²) in [6, 6.07) is 9.99. The van der Waals surface area contributed by atoms with Crippen molar-refractivity contribution in [2.24, 2.45) is 0 Å². The van der Waals surface area contributed by atoms with Gasteiger partial charge in [0.1, 0.15) is 0 Å². The van der Waals surface area contributed by atoms with E-state index in [4.69, 9.17) is 0 Å². The van der Waals surface area contributed by atoms with Crippen molar-refractivity contribution >= 4 is 5.69 Å². The van der Waals surface area contributed by atoms with Gasteiger partial charge in [-0.15, -0.1) is 0 Å². The van der Waals surface area contributed by atoms with Crippen LogP contribution < -0.4 is 10.2 Å². The lowest BCUT2D eigenvalue weighted by atomic mass is 10.1. The van der Waals surface area contributed by atoms with E-state index in [9.17, 15) is 0 Å². The fourth-order valence-electron chi connectivity index (χ4n) is 2.97. The van der Waals surface area contributed by atoms with Crippen LogP contribution in [0.5, 0.6) is 0 Å². The Bertz CT molecular complexity index is 416. The van der Waals surface area contributed by atoms with Crippen molar-refractivity contribution in [3.05, 3.63) is 29.8 Å². The van der Waals surface area contributed by atoms with Crippen molar-refractivity contribution in [1.82, 2.24) is 10.2 Å². The highest BCUT2D eigenvalue weighted by Gasteiger charge is 2.23. The summed E-state index contributed by atoms with van der Waals surface area (Å²) in [6.07, 6.45) is 0. The maximum atomic E-state index is 3.54. The third kappa shape index (κ3) is 3.74. The fourth-order valence-corrected chi connectivity index (χ4v) is 2.97. The molecule has 1 unspecified atom stereocenters. The Morgan fingerprint density at radius 3 is 2.65 bits per heavy atom. The Hall–Kier alpha value is -1.06. The first-order valence-corrected chi connectivity index (χ1v) is 7.92. The zero-order chi connectivity index (χ0) is 14.5. The molecule has 1 N–H and O–H groups in total. The average Bonchev–Trinajstić information content (AvgIpc) is 2.45. The molecule has 1 atom stereocenters. The van der Waals surface area contributed by atoms with Gasteiger partial charge in [0.2, 0.25) is 0 Å². The van der Waals surface area contributed by atoms with Crippen LogP contribution in [0.25, 0.3) is 0 Å². The Morgan fingerprint density at radius 1 is 1.25 bits per heavy atom. The molecule has 3 heteroatoms. The number of nitrogens with one attached hydrogen (secondary N) is 1. The van der Waals surface area contributed by atoms with E-state index < -0.39 is 0 Å². The zero-order valence-corrected chi connectivity index (χ0v) is 13.4. The number of rotatable bonds is 5. The lowest BCUT2D eigenvalue weighted by Crippen LogP contribution is -2.52. The van der Waals surface area contributed by atoms with Gasteiger partial charge in [-0.2, -0.15) is 0 Å². The Balaban J connectivity index is 2.08. The molecule has 1 fully saturated rings. The first kappa shape index (κ1) is 15.3. The molecule has 0 aromatic heterocycles. The van der Waals surface area contributed by atoms with E-state index >= 15 is 0 Å². The predicted octanol–water partition coefficient (Wildman–Crippen LogP) is 2.72. The van der Waals surface area contributed by atoms with Gasteiger partial charge in [-0.1, -0.05) is 39.0 Å². The van der Waals surface area contributed by atoms with Gasteiger partial charge < -0.3 is 10.2 Å². The molecule has 1 aliphatic rings. The van der Waals surface area contributed by atoms with Crippen LogP contribution in [0.1, 0.15) is 33.3 Å². The summed E-state index contributed by atoms with van der Waals surface area (Å²) in [6.45, 7) is 14.5. The quantitative estimate of drug-likeness (QED) is 0.891. The Labute approximate surface area is 124 Å². The minimum Gasteiger partial charge on any atom is -0.368 e. The molecule has 0 radical (unpaired) electrons. The molecule has 112 valence electrons. The van der Waals surface area contributed by atoms with Gasteiger partial charge in [0.15, 0.2) is 0 Å². The molecule has 1 heterocycles. The Kier molecular flexibility index (Phi) is 5.44. The Morgan fingerprint density at radius 2 is 2.00 bits per heavy atom. The van der Waals surface area contributed by atoms with Crippen LogP contribution in [0.4, 0.5) is 5.69 Å². The summed E-state index contributed by atoms with van der Waals surface area (Å²) in [4.78, 5) is 5.11. The summed E-state index contributed by atoms with van der Waals surface area (Å²) >= 11 is 0. The third-order valence-corrected chi connectivity index (χ3v) is 4.20. The van der Waals surface area contributed by atoms with Gasteiger partial charge in [0, 0.05) is 44.0 Å². The van der Waals surface area contributed by atoms with Crippen molar-refractivity contribution in [2.45, 2.75) is 46.3 Å². The van der Waals surface area contributed by atoms with Crippen molar-refractivity contribution < 1.29 is 0 Å². The molecule has 20 heavy (non-hydrogen) atoms. The van der Waals surface area contributed by atoms with Crippen LogP contribution in [-0.2, 0) is 6.54 Å². The van der Waals surface area contributed by atoms with E-state index in [1.54, 1.807) is 0 Å². The van der Waals surface area contributed by atoms with E-state index in [0.717, 1.165) is 26.2 Å². The van der Waals surface area contributed by atoms with Gasteiger partial charge in [-0.05, 0) is 25.1 Å². The van der Waals surface area contributed by atoms with Gasteiger partial charge in [0.25, 0.3) is 0 Å². The predicted molar refractivity (Wildman–Crippen MR) is 87.3 cm³/mol. The molecule has 1 aliphatic heterocycles. The lowest BCUT2D eigenvalue weighted by Gasteiger charge is -2.41. The van der Waals surface area contributed by atoms with E-state index in [1.165, 1.54) is 17.8 Å². The molecule has 0 saturated carbocycles. The number of para-hydroxylation sites is 1. The molecule has 0 amide bonds. The van der Waals surface area contributed by atoms with E-state index in [2.05, 4.69) is 67.1 Å². The zero-order valence-electron chi connectivity index (χ0n) is 13.4. The van der Waals surface area contributed by atoms with Crippen LogP contribution >= 0.6 is 0 Å². The number of hydrogen-bond acceptors (Lipinski definition) is 3. The van der Waals surface area contributed by atoms with Crippen LogP contribution in [-0.4, -0.2) is 43.2 Å². The van der Waals surface area contributed by atoms with Crippen LogP contribution in [0.3, 0.4) is 0 Å². The van der Waals surface area contributed by atoms with Gasteiger partial charge in [-0.3, -0.25) is 4.90 Å². The molecule has 2 rings (SSSR count). The first-order chi connectivity index (χ1) is 9.61. The number of likely N-dealkylation sites (N-methyl/N-ethyl adjacent to an activating group) is 1. The SMILES string of the molecule is CCN1CCN(c2ccccc2CNC(C)C)CC1C. The molecule has 0 spiro atoms. The third-order valence-electron chi connectivity index (χ3n) is 4.20. The summed E-state index contributed by atoms with van der Waals surface area (Å²) in [5, 5.41) is 3.54. The summed E-state index contributed by atoms with van der Waals surface area (Å²) in [7, 11) is 0. The average molecular weight is 275 g/mol. The molecule has 1 aromatic carbocycles. The molecule has 1 aromatic rings.